The SMILES string of the molecule is COC(=O)[C@H](Cc1c[nH]c2ccccc12)NC(=O)[C@H](Cc1cnc[nH]1)N(C(=O)OCc1ccccc1)C(=O)OCc1ccccc1. The van der Waals surface area contributed by atoms with Gasteiger partial charge < -0.3 is 29.5 Å². The molecule has 0 aliphatic heterocycles. The lowest BCUT2D eigenvalue weighted by Crippen LogP contribution is -2.56. The molecule has 0 bridgehead atoms. The highest BCUT2D eigenvalue weighted by molar-refractivity contribution is 5.97. The molecule has 46 heavy (non-hydrogen) atoms. The number of nitrogens with one attached hydrogen (secondary N) is 3. The minimum atomic E-state index is -1.50. The monoisotopic (exact) mass is 623 g/mol. The van der Waals surface area contributed by atoms with Gasteiger partial charge in [0, 0.05) is 41.8 Å². The number of aromatic nitrogens is 3. The van der Waals surface area contributed by atoms with Gasteiger partial charge in [0.2, 0.25) is 5.91 Å². The average Bonchev–Trinajstić information content (AvgIpc) is 3.76. The van der Waals surface area contributed by atoms with Crippen molar-refractivity contribution < 1.29 is 33.4 Å². The zero-order valence-corrected chi connectivity index (χ0v) is 25.1. The summed E-state index contributed by atoms with van der Waals surface area (Å²) in [6.45, 7) is -0.322. The number of imidazole rings is 1. The minimum Gasteiger partial charge on any atom is -0.467 e. The van der Waals surface area contributed by atoms with Crippen LogP contribution in [0.3, 0.4) is 0 Å². The normalized spacial score (nSPS) is 12.1. The van der Waals surface area contributed by atoms with Gasteiger partial charge in [0.15, 0.2) is 0 Å². The van der Waals surface area contributed by atoms with Crippen LogP contribution in [0.4, 0.5) is 9.59 Å². The number of ether oxygens (including phenoxy) is 3. The van der Waals surface area contributed by atoms with Crippen molar-refractivity contribution in [1.82, 2.24) is 25.2 Å². The number of imide groups is 1. The number of esters is 1. The molecule has 0 aliphatic carbocycles. The lowest BCUT2D eigenvalue weighted by molar-refractivity contribution is -0.145. The van der Waals surface area contributed by atoms with Gasteiger partial charge >= 0.3 is 18.2 Å². The summed E-state index contributed by atoms with van der Waals surface area (Å²) in [5, 5.41) is 3.57. The average molecular weight is 624 g/mol. The van der Waals surface area contributed by atoms with E-state index >= 15 is 0 Å². The summed E-state index contributed by atoms with van der Waals surface area (Å²) in [5.41, 5.74) is 3.42. The molecule has 0 aliphatic rings. The number of benzene rings is 3. The quantitative estimate of drug-likeness (QED) is 0.134. The van der Waals surface area contributed by atoms with E-state index in [4.69, 9.17) is 14.2 Å². The molecule has 5 rings (SSSR count). The van der Waals surface area contributed by atoms with E-state index in [0.29, 0.717) is 21.7 Å². The largest absolute Gasteiger partial charge is 0.467 e. The first-order chi connectivity index (χ1) is 22.4. The van der Waals surface area contributed by atoms with Crippen LogP contribution in [0.2, 0.25) is 0 Å². The van der Waals surface area contributed by atoms with Gasteiger partial charge in [-0.15, -0.1) is 0 Å². The van der Waals surface area contributed by atoms with Gasteiger partial charge in [-0.3, -0.25) is 4.79 Å². The number of hydrogen-bond acceptors (Lipinski definition) is 8. The second-order valence-corrected chi connectivity index (χ2v) is 10.4. The maximum absolute atomic E-state index is 14.1. The molecule has 0 unspecified atom stereocenters. The van der Waals surface area contributed by atoms with E-state index in [2.05, 4.69) is 20.3 Å². The Morgan fingerprint density at radius 3 is 2.00 bits per heavy atom. The van der Waals surface area contributed by atoms with Gasteiger partial charge in [-0.05, 0) is 22.8 Å². The Bertz CT molecular complexity index is 1700. The Hall–Kier alpha value is -5.91. The zero-order chi connectivity index (χ0) is 32.3. The number of aromatic amines is 2. The van der Waals surface area contributed by atoms with E-state index in [1.165, 1.54) is 19.6 Å². The van der Waals surface area contributed by atoms with Crippen LogP contribution >= 0.6 is 0 Å². The molecule has 3 N–H and O–H groups in total. The van der Waals surface area contributed by atoms with Crippen LogP contribution in [-0.4, -0.2) is 63.1 Å². The van der Waals surface area contributed by atoms with Crippen LogP contribution in [0.15, 0.2) is 104 Å². The Morgan fingerprint density at radius 2 is 1.41 bits per heavy atom. The van der Waals surface area contributed by atoms with Crippen LogP contribution in [-0.2, 0) is 49.9 Å². The number of hydrogen-bond donors (Lipinski definition) is 3. The highest BCUT2D eigenvalue weighted by atomic mass is 16.6. The lowest BCUT2D eigenvalue weighted by atomic mass is 10.0. The minimum absolute atomic E-state index is 0.0795. The summed E-state index contributed by atoms with van der Waals surface area (Å²) in [6.07, 6.45) is 2.32. The molecule has 2 heterocycles. The van der Waals surface area contributed by atoms with E-state index in [9.17, 15) is 19.2 Å². The molecule has 5 aromatic rings. The summed E-state index contributed by atoms with van der Waals surface area (Å²) in [6, 6.07) is 22.7. The van der Waals surface area contributed by atoms with Gasteiger partial charge in [0.25, 0.3) is 0 Å². The number of carbonyl (C=O) groups excluding carboxylic acids is 4. The fourth-order valence-electron chi connectivity index (χ4n) is 4.94. The van der Waals surface area contributed by atoms with Crippen molar-refractivity contribution >= 4 is 35.0 Å². The Balaban J connectivity index is 1.43. The summed E-state index contributed by atoms with van der Waals surface area (Å²) >= 11 is 0. The highest BCUT2D eigenvalue weighted by Crippen LogP contribution is 2.20. The Morgan fingerprint density at radius 1 is 0.804 bits per heavy atom. The van der Waals surface area contributed by atoms with Crippen molar-refractivity contribution in [2.75, 3.05) is 7.11 Å². The van der Waals surface area contributed by atoms with Crippen LogP contribution in [0.25, 0.3) is 10.9 Å². The number of H-pyrrole nitrogens is 2. The van der Waals surface area contributed by atoms with Crippen molar-refractivity contribution in [2.24, 2.45) is 0 Å². The zero-order valence-electron chi connectivity index (χ0n) is 25.1. The predicted molar refractivity (Wildman–Crippen MR) is 167 cm³/mol. The van der Waals surface area contributed by atoms with Crippen molar-refractivity contribution in [1.29, 1.82) is 0 Å². The first kappa shape index (κ1) is 31.5. The number of fused-ring (bicyclic) bond motifs is 1. The molecule has 12 heteroatoms. The maximum Gasteiger partial charge on any atom is 0.420 e. The number of carbonyl (C=O) groups is 4. The molecular formula is C34H33N5O7. The van der Waals surface area contributed by atoms with E-state index in [1.807, 2.05) is 36.4 Å². The molecule has 0 spiro atoms. The lowest BCUT2D eigenvalue weighted by Gasteiger charge is -2.29. The van der Waals surface area contributed by atoms with Crippen LogP contribution in [0.5, 0.6) is 0 Å². The highest BCUT2D eigenvalue weighted by Gasteiger charge is 2.39. The Labute approximate surface area is 264 Å². The van der Waals surface area contributed by atoms with Gasteiger partial charge in [0.1, 0.15) is 25.3 Å². The fraction of sp³-hybridized carbons (Fsp3) is 0.206. The first-order valence-electron chi connectivity index (χ1n) is 14.5. The topological polar surface area (TPSA) is 156 Å². The standard InChI is InChI=1S/C34H33N5O7/c1-44-32(41)29(16-25-18-36-28-15-9-8-14-27(25)28)38-31(40)30(17-26-19-35-22-37-26)39(33(42)45-20-23-10-4-2-5-11-23)34(43)46-21-24-12-6-3-7-13-24/h2-15,18-19,22,29-30,36H,16-17,20-21H2,1H3,(H,35,37)(H,38,40)/t29-,30-/m0/s1. The van der Waals surface area contributed by atoms with Crippen molar-refractivity contribution in [3.63, 3.8) is 0 Å². The number of amides is 3. The van der Waals surface area contributed by atoms with E-state index in [0.717, 1.165) is 16.5 Å². The molecule has 12 nitrogen and oxygen atoms in total. The van der Waals surface area contributed by atoms with Crippen LogP contribution in [0, 0.1) is 0 Å². The van der Waals surface area contributed by atoms with Crippen molar-refractivity contribution in [3.8, 4) is 0 Å². The summed E-state index contributed by atoms with van der Waals surface area (Å²) in [5.74, 6) is -1.51. The Kier molecular flexibility index (Phi) is 10.4. The fourth-order valence-corrected chi connectivity index (χ4v) is 4.94. The number of para-hydroxylation sites is 1. The molecule has 0 fully saturated rings. The summed E-state index contributed by atoms with van der Waals surface area (Å²) in [7, 11) is 1.22. The van der Waals surface area contributed by atoms with E-state index in [1.54, 1.807) is 54.7 Å². The maximum atomic E-state index is 14.1. The third-order valence-corrected chi connectivity index (χ3v) is 7.29. The van der Waals surface area contributed by atoms with Gasteiger partial charge in [-0.25, -0.2) is 19.4 Å². The van der Waals surface area contributed by atoms with Crippen molar-refractivity contribution in [3.05, 3.63) is 126 Å². The molecule has 0 saturated carbocycles. The molecule has 2 aromatic heterocycles. The third kappa shape index (κ3) is 7.97. The number of methoxy groups -OCH3 is 1. The van der Waals surface area contributed by atoms with Crippen LogP contribution < -0.4 is 5.32 Å². The number of nitrogens with zero attached hydrogens (tertiary/aromatic N) is 2. The summed E-state index contributed by atoms with van der Waals surface area (Å²) in [4.78, 5) is 64.9. The second kappa shape index (κ2) is 15.2. The second-order valence-electron chi connectivity index (χ2n) is 10.4. The molecular weight excluding hydrogens is 590 g/mol. The van der Waals surface area contributed by atoms with Gasteiger partial charge in [-0.1, -0.05) is 78.9 Å². The first-order valence-corrected chi connectivity index (χ1v) is 14.5. The van der Waals surface area contributed by atoms with Crippen molar-refractivity contribution in [2.45, 2.75) is 38.1 Å². The molecule has 236 valence electrons. The number of rotatable bonds is 12. The van der Waals surface area contributed by atoms with E-state index in [-0.39, 0.29) is 26.1 Å². The molecule has 3 amide bonds. The predicted octanol–water partition coefficient (Wildman–Crippen LogP) is 4.68. The van der Waals surface area contributed by atoms with Crippen LogP contribution in [0.1, 0.15) is 22.4 Å². The smallest absolute Gasteiger partial charge is 0.420 e. The molecule has 3 aromatic carbocycles. The van der Waals surface area contributed by atoms with Gasteiger partial charge in [0.05, 0.1) is 13.4 Å². The van der Waals surface area contributed by atoms with E-state index < -0.39 is 36.1 Å². The van der Waals surface area contributed by atoms with Gasteiger partial charge in [-0.2, -0.15) is 4.90 Å². The summed E-state index contributed by atoms with van der Waals surface area (Å²) < 4.78 is 16.0. The molecule has 2 atom stereocenters. The molecule has 0 saturated heterocycles. The third-order valence-electron chi connectivity index (χ3n) is 7.29. The molecule has 0 radical (unpaired) electrons.